The molecule has 28 heavy (non-hydrogen) atoms. The topological polar surface area (TPSA) is 40.6 Å². The Labute approximate surface area is 163 Å². The SMILES string of the molecule is CCN(CC)c1c(F)c(F)c(N(CC)CC)c2c1C(=O)c1ccccc1C2=O. The number of ketones is 2. The van der Waals surface area contributed by atoms with Gasteiger partial charge >= 0.3 is 0 Å². The van der Waals surface area contributed by atoms with Gasteiger partial charge in [0.05, 0.1) is 22.5 Å². The van der Waals surface area contributed by atoms with Gasteiger partial charge < -0.3 is 9.80 Å². The first-order valence-electron chi connectivity index (χ1n) is 9.65. The summed E-state index contributed by atoms with van der Waals surface area (Å²) in [5.74, 6) is -3.05. The number of nitrogens with zero attached hydrogens (tertiary/aromatic N) is 2. The molecule has 0 saturated heterocycles. The molecule has 0 atom stereocenters. The van der Waals surface area contributed by atoms with E-state index in [1.165, 1.54) is 0 Å². The zero-order chi connectivity index (χ0) is 20.6. The van der Waals surface area contributed by atoms with Gasteiger partial charge in [-0.05, 0) is 27.7 Å². The average Bonchev–Trinajstić information content (AvgIpc) is 2.72. The van der Waals surface area contributed by atoms with Crippen LogP contribution < -0.4 is 9.80 Å². The lowest BCUT2D eigenvalue weighted by atomic mass is 9.81. The van der Waals surface area contributed by atoms with Crippen molar-refractivity contribution in [2.24, 2.45) is 0 Å². The van der Waals surface area contributed by atoms with Crippen molar-refractivity contribution in [3.8, 4) is 0 Å². The van der Waals surface area contributed by atoms with Gasteiger partial charge in [0.2, 0.25) is 0 Å². The van der Waals surface area contributed by atoms with Crippen molar-refractivity contribution in [1.82, 2.24) is 0 Å². The van der Waals surface area contributed by atoms with E-state index < -0.39 is 23.2 Å². The van der Waals surface area contributed by atoms with E-state index in [1.54, 1.807) is 61.8 Å². The Morgan fingerprint density at radius 1 is 0.679 bits per heavy atom. The summed E-state index contributed by atoms with van der Waals surface area (Å²) in [7, 11) is 0. The predicted octanol–water partition coefficient (Wildman–Crippen LogP) is 4.43. The first-order valence-corrected chi connectivity index (χ1v) is 9.65. The second kappa shape index (κ2) is 7.70. The van der Waals surface area contributed by atoms with Crippen molar-refractivity contribution in [1.29, 1.82) is 0 Å². The number of hydrogen-bond donors (Lipinski definition) is 0. The molecule has 0 N–H and O–H groups in total. The molecule has 148 valence electrons. The third-order valence-corrected chi connectivity index (χ3v) is 5.36. The van der Waals surface area contributed by atoms with Gasteiger partial charge in [0.25, 0.3) is 0 Å². The first kappa shape index (κ1) is 20.0. The third-order valence-electron chi connectivity index (χ3n) is 5.36. The summed E-state index contributed by atoms with van der Waals surface area (Å²) < 4.78 is 30.6. The molecule has 4 nitrogen and oxygen atoms in total. The fourth-order valence-electron chi connectivity index (χ4n) is 3.93. The molecule has 2 aromatic rings. The van der Waals surface area contributed by atoms with Crippen LogP contribution in [0, 0.1) is 11.6 Å². The van der Waals surface area contributed by atoms with Crippen molar-refractivity contribution < 1.29 is 18.4 Å². The number of hydrogen-bond acceptors (Lipinski definition) is 4. The molecule has 0 amide bonds. The second-order valence-corrected chi connectivity index (χ2v) is 6.62. The van der Waals surface area contributed by atoms with Crippen molar-refractivity contribution in [2.75, 3.05) is 36.0 Å². The molecule has 0 saturated carbocycles. The molecule has 1 aliphatic rings. The number of fused-ring (bicyclic) bond motifs is 2. The Kier molecular flexibility index (Phi) is 5.49. The van der Waals surface area contributed by atoms with E-state index in [4.69, 9.17) is 0 Å². The van der Waals surface area contributed by atoms with Crippen molar-refractivity contribution in [3.63, 3.8) is 0 Å². The highest BCUT2D eigenvalue weighted by atomic mass is 19.2. The number of benzene rings is 2. The minimum absolute atomic E-state index is 0.0341. The molecule has 0 heterocycles. The predicted molar refractivity (Wildman–Crippen MR) is 107 cm³/mol. The molecule has 6 heteroatoms. The molecule has 0 fully saturated rings. The zero-order valence-electron chi connectivity index (χ0n) is 16.6. The molecule has 2 aromatic carbocycles. The maximum Gasteiger partial charge on any atom is 0.196 e. The summed E-state index contributed by atoms with van der Waals surface area (Å²) in [5.41, 5.74) is 0.138. The zero-order valence-corrected chi connectivity index (χ0v) is 16.6. The summed E-state index contributed by atoms with van der Waals surface area (Å²) in [6.07, 6.45) is 0. The molecule has 0 unspecified atom stereocenters. The quantitative estimate of drug-likeness (QED) is 0.628. The van der Waals surface area contributed by atoms with Crippen molar-refractivity contribution in [3.05, 3.63) is 58.2 Å². The maximum atomic E-state index is 15.3. The summed E-state index contributed by atoms with van der Waals surface area (Å²) in [6.45, 7) is 8.73. The maximum absolute atomic E-state index is 15.3. The lowest BCUT2D eigenvalue weighted by molar-refractivity contribution is 0.0979. The van der Waals surface area contributed by atoms with Crippen LogP contribution in [-0.2, 0) is 0 Å². The summed E-state index contributed by atoms with van der Waals surface area (Å²) >= 11 is 0. The van der Waals surface area contributed by atoms with E-state index >= 15 is 8.78 Å². The lowest BCUT2D eigenvalue weighted by Gasteiger charge is -2.32. The summed E-state index contributed by atoms with van der Waals surface area (Å²) in [5, 5.41) is 0. The largest absolute Gasteiger partial charge is 0.369 e. The van der Waals surface area contributed by atoms with Crippen molar-refractivity contribution >= 4 is 22.9 Å². The fourth-order valence-corrected chi connectivity index (χ4v) is 3.93. The van der Waals surface area contributed by atoms with Gasteiger partial charge in [0.15, 0.2) is 23.2 Å². The van der Waals surface area contributed by atoms with Crippen LogP contribution in [0.3, 0.4) is 0 Å². The van der Waals surface area contributed by atoms with Crippen LogP contribution in [0.5, 0.6) is 0 Å². The molecule has 0 spiro atoms. The first-order chi connectivity index (χ1) is 13.4. The minimum atomic E-state index is -1.08. The molecular weight excluding hydrogens is 362 g/mol. The smallest absolute Gasteiger partial charge is 0.196 e. The van der Waals surface area contributed by atoms with Gasteiger partial charge in [0, 0.05) is 37.3 Å². The highest BCUT2D eigenvalue weighted by Gasteiger charge is 2.40. The van der Waals surface area contributed by atoms with E-state index in [0.717, 1.165) is 0 Å². The van der Waals surface area contributed by atoms with E-state index in [9.17, 15) is 9.59 Å². The van der Waals surface area contributed by atoms with Crippen LogP contribution >= 0.6 is 0 Å². The van der Waals surface area contributed by atoms with E-state index in [1.807, 2.05) is 0 Å². The molecule has 0 aromatic heterocycles. The van der Waals surface area contributed by atoms with E-state index in [0.29, 0.717) is 26.2 Å². The highest BCUT2D eigenvalue weighted by Crippen LogP contribution is 2.43. The number of carbonyl (C=O) groups is 2. The van der Waals surface area contributed by atoms with Gasteiger partial charge in [-0.3, -0.25) is 9.59 Å². The molecular formula is C22H24F2N2O2. The Balaban J connectivity index is 2.48. The van der Waals surface area contributed by atoms with Crippen LogP contribution in [0.1, 0.15) is 59.5 Å². The number of carbonyl (C=O) groups excluding carboxylic acids is 2. The Bertz CT molecular complexity index is 872. The Morgan fingerprint density at radius 3 is 1.29 bits per heavy atom. The van der Waals surface area contributed by atoms with Gasteiger partial charge in [-0.2, -0.15) is 0 Å². The highest BCUT2D eigenvalue weighted by molar-refractivity contribution is 6.32. The van der Waals surface area contributed by atoms with Crippen LogP contribution in [0.4, 0.5) is 20.2 Å². The molecule has 0 radical (unpaired) electrons. The van der Waals surface area contributed by atoms with Crippen LogP contribution in [-0.4, -0.2) is 37.7 Å². The molecule has 3 rings (SSSR count). The van der Waals surface area contributed by atoms with Crippen molar-refractivity contribution in [2.45, 2.75) is 27.7 Å². The number of anilines is 2. The van der Waals surface area contributed by atoms with Gasteiger partial charge in [0.1, 0.15) is 0 Å². The normalized spacial score (nSPS) is 12.6. The van der Waals surface area contributed by atoms with E-state index in [2.05, 4.69) is 0 Å². The average molecular weight is 386 g/mol. The third kappa shape index (κ3) is 2.79. The molecule has 0 bridgehead atoms. The van der Waals surface area contributed by atoms with Crippen LogP contribution in [0.25, 0.3) is 0 Å². The number of halogens is 2. The molecule has 1 aliphatic carbocycles. The minimum Gasteiger partial charge on any atom is -0.369 e. The summed E-state index contributed by atoms with van der Waals surface area (Å²) in [6, 6.07) is 6.44. The summed E-state index contributed by atoms with van der Waals surface area (Å²) in [4.78, 5) is 29.8. The van der Waals surface area contributed by atoms with Gasteiger partial charge in [-0.15, -0.1) is 0 Å². The fraction of sp³-hybridized carbons (Fsp3) is 0.364. The van der Waals surface area contributed by atoms with Crippen LogP contribution in [0.15, 0.2) is 24.3 Å². The standard InChI is InChI=1S/C22H24F2N2O2/c1-5-25(6-2)19-15-16(20(18(24)17(19)23)26(7-3)8-4)22(28)14-12-10-9-11-13(14)21(15)27/h9-12H,5-8H2,1-4H3. The lowest BCUT2D eigenvalue weighted by Crippen LogP contribution is -2.34. The Morgan fingerprint density at radius 2 is 1.00 bits per heavy atom. The van der Waals surface area contributed by atoms with Gasteiger partial charge in [-0.25, -0.2) is 8.78 Å². The number of rotatable bonds is 6. The Hall–Kier alpha value is -2.76. The second-order valence-electron chi connectivity index (χ2n) is 6.62. The van der Waals surface area contributed by atoms with E-state index in [-0.39, 0.29) is 33.6 Å². The van der Waals surface area contributed by atoms with Gasteiger partial charge in [-0.1, -0.05) is 24.3 Å². The monoisotopic (exact) mass is 386 g/mol. The van der Waals surface area contributed by atoms with Crippen LogP contribution in [0.2, 0.25) is 0 Å². The molecule has 0 aliphatic heterocycles.